The molecule has 0 radical (unpaired) electrons. The van der Waals surface area contributed by atoms with Crippen molar-refractivity contribution in [3.05, 3.63) is 26.7 Å². The van der Waals surface area contributed by atoms with E-state index in [0.717, 1.165) is 0 Å². The Bertz CT molecular complexity index is 345. The van der Waals surface area contributed by atoms with Gasteiger partial charge in [-0.1, -0.05) is 0 Å². The second-order valence-corrected chi connectivity index (χ2v) is 3.04. The molecule has 1 aromatic rings. The first kappa shape index (κ1) is 16.1. The SMILES string of the molecule is Br.Br.Nc1cc(N)c([N+](=O)[O-])cc1Br. The number of nitrogens with two attached hydrogens (primary N) is 2. The molecule has 0 spiro atoms. The Morgan fingerprint density at radius 1 is 1.21 bits per heavy atom. The number of hydrogen-bond acceptors (Lipinski definition) is 4. The Hall–Kier alpha value is -0.340. The third-order valence-corrected chi connectivity index (χ3v) is 2.03. The van der Waals surface area contributed by atoms with Crippen molar-refractivity contribution in [2.45, 2.75) is 0 Å². The van der Waals surface area contributed by atoms with Crippen molar-refractivity contribution in [1.29, 1.82) is 0 Å². The van der Waals surface area contributed by atoms with Gasteiger partial charge < -0.3 is 11.5 Å². The summed E-state index contributed by atoms with van der Waals surface area (Å²) in [5.74, 6) is 0. The smallest absolute Gasteiger partial charge is 0.293 e. The predicted octanol–water partition coefficient (Wildman–Crippen LogP) is 2.68. The molecule has 0 saturated heterocycles. The molecule has 14 heavy (non-hydrogen) atoms. The Balaban J connectivity index is 0. The van der Waals surface area contributed by atoms with Crippen LogP contribution in [0.5, 0.6) is 0 Å². The number of nitro benzene ring substituents is 1. The lowest BCUT2D eigenvalue weighted by Crippen LogP contribution is -1.97. The predicted molar refractivity (Wildman–Crippen MR) is 70.3 cm³/mol. The number of anilines is 2. The monoisotopic (exact) mass is 391 g/mol. The molecule has 80 valence electrons. The summed E-state index contributed by atoms with van der Waals surface area (Å²) in [6, 6.07) is 2.63. The molecule has 0 aromatic heterocycles. The van der Waals surface area contributed by atoms with E-state index in [1.54, 1.807) is 0 Å². The largest absolute Gasteiger partial charge is 0.398 e. The van der Waals surface area contributed by atoms with E-state index in [1.165, 1.54) is 12.1 Å². The molecule has 0 heterocycles. The van der Waals surface area contributed by atoms with Gasteiger partial charge >= 0.3 is 0 Å². The van der Waals surface area contributed by atoms with Crippen molar-refractivity contribution in [2.24, 2.45) is 0 Å². The number of nitro groups is 1. The summed E-state index contributed by atoms with van der Waals surface area (Å²) in [5.41, 5.74) is 11.1. The second-order valence-electron chi connectivity index (χ2n) is 2.19. The fourth-order valence-electron chi connectivity index (χ4n) is 0.755. The van der Waals surface area contributed by atoms with Gasteiger partial charge in [0.2, 0.25) is 0 Å². The highest BCUT2D eigenvalue weighted by molar-refractivity contribution is 9.10. The minimum atomic E-state index is -0.556. The van der Waals surface area contributed by atoms with Crippen LogP contribution in [-0.2, 0) is 0 Å². The molecular weight excluding hydrogens is 386 g/mol. The van der Waals surface area contributed by atoms with E-state index >= 15 is 0 Å². The highest BCUT2D eigenvalue weighted by Crippen LogP contribution is 2.30. The second kappa shape index (κ2) is 6.20. The van der Waals surface area contributed by atoms with Crippen LogP contribution in [0.4, 0.5) is 17.1 Å². The molecule has 0 unspecified atom stereocenters. The van der Waals surface area contributed by atoms with E-state index in [9.17, 15) is 10.1 Å². The number of rotatable bonds is 1. The molecule has 0 aliphatic heterocycles. The lowest BCUT2D eigenvalue weighted by atomic mass is 10.2. The van der Waals surface area contributed by atoms with Crippen molar-refractivity contribution in [3.63, 3.8) is 0 Å². The molecule has 1 aromatic carbocycles. The van der Waals surface area contributed by atoms with Crippen molar-refractivity contribution in [2.75, 3.05) is 11.5 Å². The van der Waals surface area contributed by atoms with Crippen LogP contribution < -0.4 is 11.5 Å². The van der Waals surface area contributed by atoms with E-state index in [2.05, 4.69) is 15.9 Å². The van der Waals surface area contributed by atoms with Gasteiger partial charge in [-0.3, -0.25) is 10.1 Å². The first-order valence-electron chi connectivity index (χ1n) is 3.01. The lowest BCUT2D eigenvalue weighted by Gasteiger charge is -2.00. The normalized spacial score (nSPS) is 8.36. The summed E-state index contributed by atoms with van der Waals surface area (Å²) < 4.78 is 0.475. The molecule has 0 bridgehead atoms. The van der Waals surface area contributed by atoms with Crippen molar-refractivity contribution in [1.82, 2.24) is 0 Å². The summed E-state index contributed by atoms with van der Waals surface area (Å²) in [7, 11) is 0. The van der Waals surface area contributed by atoms with E-state index in [4.69, 9.17) is 11.5 Å². The quantitative estimate of drug-likeness (QED) is 0.435. The Labute approximate surface area is 110 Å². The van der Waals surface area contributed by atoms with Crippen LogP contribution in [0, 0.1) is 10.1 Å². The molecule has 0 fully saturated rings. The zero-order valence-corrected chi connectivity index (χ0v) is 11.8. The maximum Gasteiger partial charge on any atom is 0.293 e. The molecule has 8 heteroatoms. The van der Waals surface area contributed by atoms with Gasteiger partial charge in [0.1, 0.15) is 5.69 Å². The van der Waals surface area contributed by atoms with Crippen LogP contribution in [0.3, 0.4) is 0 Å². The number of halogens is 3. The molecule has 0 aliphatic carbocycles. The van der Waals surface area contributed by atoms with Gasteiger partial charge in [-0.05, 0) is 22.0 Å². The maximum atomic E-state index is 10.3. The molecule has 0 saturated carbocycles. The van der Waals surface area contributed by atoms with Crippen molar-refractivity contribution in [3.8, 4) is 0 Å². The van der Waals surface area contributed by atoms with E-state index in [0.29, 0.717) is 10.2 Å². The summed E-state index contributed by atoms with van der Waals surface area (Å²) in [5, 5.41) is 10.3. The van der Waals surface area contributed by atoms with Gasteiger partial charge in [0.05, 0.1) is 4.92 Å². The highest BCUT2D eigenvalue weighted by Gasteiger charge is 2.13. The molecule has 1 rings (SSSR count). The standard InChI is InChI=1S/C6H6BrN3O2.2BrH/c7-3-1-6(10(11)12)5(9)2-4(3)8;;/h1-2H,8-9H2;2*1H. The summed E-state index contributed by atoms with van der Waals surface area (Å²) in [6.45, 7) is 0. The van der Waals surface area contributed by atoms with Gasteiger partial charge in [0, 0.05) is 16.2 Å². The fourth-order valence-corrected chi connectivity index (χ4v) is 1.09. The van der Waals surface area contributed by atoms with Crippen LogP contribution >= 0.6 is 49.9 Å². The minimum Gasteiger partial charge on any atom is -0.398 e. The average molecular weight is 394 g/mol. The zero-order valence-electron chi connectivity index (χ0n) is 6.77. The Morgan fingerprint density at radius 3 is 2.14 bits per heavy atom. The first-order valence-corrected chi connectivity index (χ1v) is 3.80. The average Bonchev–Trinajstić information content (AvgIpc) is 1.96. The molecule has 0 amide bonds. The molecule has 4 N–H and O–H groups in total. The number of benzene rings is 1. The van der Waals surface area contributed by atoms with Gasteiger partial charge in [-0.25, -0.2) is 0 Å². The lowest BCUT2D eigenvalue weighted by molar-refractivity contribution is -0.383. The van der Waals surface area contributed by atoms with E-state index < -0.39 is 4.92 Å². The summed E-state index contributed by atoms with van der Waals surface area (Å²) >= 11 is 3.06. The van der Waals surface area contributed by atoms with Gasteiger partial charge in [-0.15, -0.1) is 34.0 Å². The van der Waals surface area contributed by atoms with Crippen LogP contribution in [0.15, 0.2) is 16.6 Å². The molecule has 5 nitrogen and oxygen atoms in total. The van der Waals surface area contributed by atoms with E-state index in [1.807, 2.05) is 0 Å². The number of nitrogens with zero attached hydrogens (tertiary/aromatic N) is 1. The topological polar surface area (TPSA) is 95.2 Å². The van der Waals surface area contributed by atoms with Crippen molar-refractivity contribution >= 4 is 67.0 Å². The van der Waals surface area contributed by atoms with Gasteiger partial charge in [0.25, 0.3) is 5.69 Å². The Kier molecular flexibility index (Phi) is 7.13. The molecular formula is C6H8Br3N3O2. The summed E-state index contributed by atoms with van der Waals surface area (Å²) in [4.78, 5) is 9.79. The number of hydrogen-bond donors (Lipinski definition) is 2. The third kappa shape index (κ3) is 3.43. The van der Waals surface area contributed by atoms with E-state index in [-0.39, 0.29) is 45.3 Å². The fraction of sp³-hybridized carbons (Fsp3) is 0. The van der Waals surface area contributed by atoms with Crippen LogP contribution in [0.1, 0.15) is 0 Å². The Morgan fingerprint density at radius 2 is 1.71 bits per heavy atom. The zero-order chi connectivity index (χ0) is 9.30. The third-order valence-electron chi connectivity index (χ3n) is 1.34. The van der Waals surface area contributed by atoms with Gasteiger partial charge in [0.15, 0.2) is 0 Å². The highest BCUT2D eigenvalue weighted by atomic mass is 79.9. The van der Waals surface area contributed by atoms with Crippen LogP contribution in [0.2, 0.25) is 0 Å². The summed E-state index contributed by atoms with van der Waals surface area (Å²) in [6.07, 6.45) is 0. The molecule has 0 aliphatic rings. The van der Waals surface area contributed by atoms with Crippen molar-refractivity contribution < 1.29 is 4.92 Å². The van der Waals surface area contributed by atoms with Gasteiger partial charge in [-0.2, -0.15) is 0 Å². The maximum absolute atomic E-state index is 10.3. The number of nitrogen functional groups attached to an aromatic ring is 2. The first-order chi connectivity index (χ1) is 5.52. The molecule has 0 atom stereocenters. The minimum absolute atomic E-state index is 0. The van der Waals surface area contributed by atoms with Crippen LogP contribution in [-0.4, -0.2) is 4.92 Å². The van der Waals surface area contributed by atoms with Crippen LogP contribution in [0.25, 0.3) is 0 Å².